The number of carbonyl (C=O) groups excluding carboxylic acids is 1. The molecule has 2 heterocycles. The lowest BCUT2D eigenvalue weighted by atomic mass is 10.1. The number of ether oxygens (including phenoxy) is 1. The van der Waals surface area contributed by atoms with Gasteiger partial charge in [-0.3, -0.25) is 4.79 Å². The average Bonchev–Trinajstić information content (AvgIpc) is 3.30. The summed E-state index contributed by atoms with van der Waals surface area (Å²) in [5.74, 6) is 0.0284. The Hall–Kier alpha value is -3.17. The fourth-order valence-corrected chi connectivity index (χ4v) is 8.16. The Bertz CT molecular complexity index is 1340. The highest BCUT2D eigenvalue weighted by Gasteiger charge is 2.49. The van der Waals surface area contributed by atoms with Crippen LogP contribution < -0.4 is 9.64 Å². The summed E-state index contributed by atoms with van der Waals surface area (Å²) in [4.78, 5) is 18.9. The van der Waals surface area contributed by atoms with E-state index in [1.807, 2.05) is 59.5 Å². The molecule has 0 aliphatic carbocycles. The van der Waals surface area contributed by atoms with Gasteiger partial charge >= 0.3 is 0 Å². The van der Waals surface area contributed by atoms with Crippen LogP contribution in [0, 0.1) is 5.82 Å². The smallest absolute Gasteiger partial charge is 0.252 e. The minimum absolute atomic E-state index is 0.0160. The summed E-state index contributed by atoms with van der Waals surface area (Å²) in [5.41, 5.74) is 2.47. The van der Waals surface area contributed by atoms with Crippen LogP contribution in [-0.2, 0) is 27.7 Å². The number of hydrogen-bond acceptors (Lipinski definition) is 5. The van der Waals surface area contributed by atoms with E-state index in [9.17, 15) is 17.6 Å². The predicted octanol–water partition coefficient (Wildman–Crippen LogP) is 4.25. The van der Waals surface area contributed by atoms with Crippen molar-refractivity contribution < 1.29 is 22.3 Å². The van der Waals surface area contributed by atoms with Gasteiger partial charge in [0.1, 0.15) is 18.2 Å². The molecule has 0 spiro atoms. The first kappa shape index (κ1) is 23.6. The van der Waals surface area contributed by atoms with Crippen molar-refractivity contribution in [2.24, 2.45) is 4.99 Å². The molecule has 9 heteroatoms. The molecule has 0 saturated carbocycles. The normalized spacial score (nSPS) is 21.7. The van der Waals surface area contributed by atoms with Gasteiger partial charge < -0.3 is 9.64 Å². The predicted molar refractivity (Wildman–Crippen MR) is 136 cm³/mol. The number of fused-ring (bicyclic) bond motifs is 1. The third-order valence-electron chi connectivity index (χ3n) is 5.92. The molecule has 3 aromatic carbocycles. The zero-order valence-electron chi connectivity index (χ0n) is 18.7. The van der Waals surface area contributed by atoms with E-state index in [2.05, 4.69) is 4.99 Å². The van der Waals surface area contributed by atoms with Crippen molar-refractivity contribution in [3.05, 3.63) is 95.8 Å². The van der Waals surface area contributed by atoms with Crippen LogP contribution in [-0.4, -0.2) is 42.3 Å². The Labute approximate surface area is 207 Å². The lowest BCUT2D eigenvalue weighted by molar-refractivity contribution is -0.117. The molecule has 2 aliphatic rings. The molecule has 0 bridgehead atoms. The standard InChI is InChI=1S/C26H23FN2O4S2/c27-20-8-6-18(7-9-20)14-25(30)28-26-29(23-16-35(31,32)17-24(23)34-26)21-10-12-22(13-11-21)33-15-19-4-2-1-3-5-19/h1-13,23-24H,14-17H2/t23-,24+/m0/s1. The molecule has 0 unspecified atom stereocenters. The van der Waals surface area contributed by atoms with Gasteiger partial charge in [0.25, 0.3) is 5.91 Å². The Kier molecular flexibility index (Phi) is 6.62. The molecular formula is C26H23FN2O4S2. The molecule has 0 radical (unpaired) electrons. The molecule has 6 nitrogen and oxygen atoms in total. The van der Waals surface area contributed by atoms with Crippen molar-refractivity contribution in [1.29, 1.82) is 0 Å². The molecule has 180 valence electrons. The number of sulfone groups is 1. The first-order valence-corrected chi connectivity index (χ1v) is 13.9. The van der Waals surface area contributed by atoms with Gasteiger partial charge in [0.15, 0.2) is 15.0 Å². The second kappa shape index (κ2) is 9.83. The lowest BCUT2D eigenvalue weighted by Crippen LogP contribution is -2.37. The fourth-order valence-electron chi connectivity index (χ4n) is 4.23. The van der Waals surface area contributed by atoms with E-state index in [0.29, 0.717) is 23.1 Å². The zero-order valence-corrected chi connectivity index (χ0v) is 20.3. The third-order valence-corrected chi connectivity index (χ3v) is 9.13. The van der Waals surface area contributed by atoms with Gasteiger partial charge in [-0.25, -0.2) is 12.8 Å². The molecular weight excluding hydrogens is 487 g/mol. The van der Waals surface area contributed by atoms with Crippen molar-refractivity contribution in [2.75, 3.05) is 16.4 Å². The number of halogens is 1. The van der Waals surface area contributed by atoms with Crippen molar-refractivity contribution in [2.45, 2.75) is 24.3 Å². The van der Waals surface area contributed by atoms with E-state index in [4.69, 9.17) is 4.74 Å². The zero-order chi connectivity index (χ0) is 24.4. The number of thioether (sulfide) groups is 1. The maximum absolute atomic E-state index is 13.2. The number of aliphatic imine (C=N–C) groups is 1. The molecule has 2 aliphatic heterocycles. The molecule has 0 aromatic heterocycles. The summed E-state index contributed by atoms with van der Waals surface area (Å²) >= 11 is 1.32. The number of carbonyl (C=O) groups is 1. The first-order chi connectivity index (χ1) is 16.9. The maximum atomic E-state index is 13.2. The van der Waals surface area contributed by atoms with Gasteiger partial charge in [0.2, 0.25) is 0 Å². The number of rotatable bonds is 6. The number of nitrogens with zero attached hydrogens (tertiary/aromatic N) is 2. The molecule has 35 heavy (non-hydrogen) atoms. The van der Waals surface area contributed by atoms with Gasteiger partial charge in [-0.2, -0.15) is 4.99 Å². The minimum Gasteiger partial charge on any atom is -0.489 e. The van der Waals surface area contributed by atoms with Crippen LogP contribution in [0.5, 0.6) is 5.75 Å². The molecule has 1 amide bonds. The van der Waals surface area contributed by atoms with Crippen LogP contribution in [0.25, 0.3) is 0 Å². The number of amidine groups is 1. The fraction of sp³-hybridized carbons (Fsp3) is 0.231. The summed E-state index contributed by atoms with van der Waals surface area (Å²) in [6.45, 7) is 0.438. The monoisotopic (exact) mass is 510 g/mol. The van der Waals surface area contributed by atoms with E-state index >= 15 is 0 Å². The van der Waals surface area contributed by atoms with E-state index in [-0.39, 0.29) is 40.9 Å². The molecule has 2 atom stereocenters. The Morgan fingerprint density at radius 1 is 0.971 bits per heavy atom. The topological polar surface area (TPSA) is 76.0 Å². The van der Waals surface area contributed by atoms with Gasteiger partial charge in [-0.1, -0.05) is 54.2 Å². The highest BCUT2D eigenvalue weighted by Crippen LogP contribution is 2.41. The highest BCUT2D eigenvalue weighted by atomic mass is 32.2. The SMILES string of the molecule is O=C(Cc1ccc(F)cc1)N=C1S[C@@H]2CS(=O)(=O)C[C@@H]2N1c1ccc(OCc2ccccc2)cc1. The van der Waals surface area contributed by atoms with Gasteiger partial charge in [-0.05, 0) is 47.5 Å². The first-order valence-electron chi connectivity index (χ1n) is 11.2. The van der Waals surface area contributed by atoms with E-state index in [0.717, 1.165) is 11.3 Å². The van der Waals surface area contributed by atoms with Crippen LogP contribution in [0.1, 0.15) is 11.1 Å². The number of benzene rings is 3. The maximum Gasteiger partial charge on any atom is 0.252 e. The number of hydrogen-bond donors (Lipinski definition) is 0. The van der Waals surface area contributed by atoms with Crippen LogP contribution in [0.4, 0.5) is 10.1 Å². The Morgan fingerprint density at radius 2 is 1.69 bits per heavy atom. The Morgan fingerprint density at radius 3 is 2.40 bits per heavy atom. The summed E-state index contributed by atoms with van der Waals surface area (Å²) in [7, 11) is -3.16. The van der Waals surface area contributed by atoms with Crippen molar-refractivity contribution >= 4 is 38.4 Å². The Balaban J connectivity index is 1.35. The van der Waals surface area contributed by atoms with Crippen LogP contribution in [0.15, 0.2) is 83.9 Å². The van der Waals surface area contributed by atoms with Gasteiger partial charge in [0.05, 0.1) is 24.0 Å². The molecule has 2 fully saturated rings. The van der Waals surface area contributed by atoms with Crippen molar-refractivity contribution in [1.82, 2.24) is 0 Å². The van der Waals surface area contributed by atoms with E-state index in [1.165, 1.54) is 23.9 Å². The minimum atomic E-state index is -3.16. The average molecular weight is 511 g/mol. The highest BCUT2D eigenvalue weighted by molar-refractivity contribution is 8.16. The lowest BCUT2D eigenvalue weighted by Gasteiger charge is -2.24. The quantitative estimate of drug-likeness (QED) is 0.494. The van der Waals surface area contributed by atoms with Crippen LogP contribution >= 0.6 is 11.8 Å². The summed E-state index contributed by atoms with van der Waals surface area (Å²) < 4.78 is 43.6. The van der Waals surface area contributed by atoms with Crippen molar-refractivity contribution in [3.8, 4) is 5.75 Å². The van der Waals surface area contributed by atoms with Gasteiger partial charge in [0, 0.05) is 10.9 Å². The third kappa shape index (κ3) is 5.57. The largest absolute Gasteiger partial charge is 0.489 e. The summed E-state index contributed by atoms with van der Waals surface area (Å²) in [6.07, 6.45) is 0.0398. The second-order valence-corrected chi connectivity index (χ2v) is 11.9. The molecule has 5 rings (SSSR count). The number of amides is 1. The van der Waals surface area contributed by atoms with Crippen LogP contribution in [0.3, 0.4) is 0 Å². The molecule has 0 N–H and O–H groups in total. The van der Waals surface area contributed by atoms with E-state index in [1.54, 1.807) is 12.1 Å². The molecule has 3 aromatic rings. The van der Waals surface area contributed by atoms with Gasteiger partial charge in [-0.15, -0.1) is 0 Å². The molecule has 2 saturated heterocycles. The number of anilines is 1. The van der Waals surface area contributed by atoms with E-state index < -0.39 is 9.84 Å². The summed E-state index contributed by atoms with van der Waals surface area (Å²) in [5, 5.41) is 0.298. The van der Waals surface area contributed by atoms with Crippen LogP contribution in [0.2, 0.25) is 0 Å². The summed E-state index contributed by atoms with van der Waals surface area (Å²) in [6, 6.07) is 22.7. The second-order valence-electron chi connectivity index (χ2n) is 8.53. The van der Waals surface area contributed by atoms with Crippen molar-refractivity contribution in [3.63, 3.8) is 0 Å².